The molecule has 0 saturated heterocycles. The maximum Gasteiger partial charge on any atom is 0.315 e. The molecule has 2 atom stereocenters. The van der Waals surface area contributed by atoms with E-state index in [0.717, 1.165) is 36.8 Å². The fourth-order valence-corrected chi connectivity index (χ4v) is 4.00. The third kappa shape index (κ3) is 7.83. The van der Waals surface area contributed by atoms with Gasteiger partial charge in [-0.2, -0.15) is 0 Å². The van der Waals surface area contributed by atoms with E-state index in [1.807, 2.05) is 32.0 Å². The lowest BCUT2D eigenvalue weighted by Crippen LogP contribution is -2.36. The van der Waals surface area contributed by atoms with Crippen LogP contribution in [0.15, 0.2) is 18.2 Å². The lowest BCUT2D eigenvalue weighted by Gasteiger charge is -2.28. The van der Waals surface area contributed by atoms with Crippen LogP contribution in [0.25, 0.3) is 0 Å². The Balaban J connectivity index is 1.79. The van der Waals surface area contributed by atoms with Crippen molar-refractivity contribution in [3.05, 3.63) is 29.3 Å². The second kappa shape index (κ2) is 12.7. The normalized spacial score (nSPS) is 19.0. The summed E-state index contributed by atoms with van der Waals surface area (Å²) >= 11 is 0. The minimum Gasteiger partial charge on any atom is -0.465 e. The highest BCUT2D eigenvalue weighted by atomic mass is 16.5. The van der Waals surface area contributed by atoms with Crippen LogP contribution in [0.1, 0.15) is 88.7 Å². The molecule has 1 aromatic carbocycles. The smallest absolute Gasteiger partial charge is 0.315 e. The van der Waals surface area contributed by atoms with Crippen molar-refractivity contribution < 1.29 is 19.1 Å². The number of ether oxygens (including phenoxy) is 2. The van der Waals surface area contributed by atoms with Crippen LogP contribution in [0.2, 0.25) is 0 Å². The van der Waals surface area contributed by atoms with Crippen LogP contribution >= 0.6 is 0 Å². The molecule has 0 bridgehead atoms. The predicted octanol–water partition coefficient (Wildman–Crippen LogP) is 6.31. The van der Waals surface area contributed by atoms with E-state index in [1.54, 1.807) is 0 Å². The maximum absolute atomic E-state index is 12.8. The van der Waals surface area contributed by atoms with Crippen molar-refractivity contribution in [1.82, 2.24) is 0 Å². The average molecular weight is 403 g/mol. The number of hydrogen-bond donors (Lipinski definition) is 0. The van der Waals surface area contributed by atoms with Gasteiger partial charge in [0.1, 0.15) is 5.75 Å². The summed E-state index contributed by atoms with van der Waals surface area (Å²) < 4.78 is 11.1. The van der Waals surface area contributed by atoms with Crippen LogP contribution in [0, 0.1) is 25.7 Å². The highest BCUT2D eigenvalue weighted by Gasteiger charge is 2.38. The molecule has 0 N–H and O–H groups in total. The van der Waals surface area contributed by atoms with Crippen molar-refractivity contribution in [1.29, 1.82) is 0 Å². The van der Waals surface area contributed by atoms with Crippen LogP contribution in [-0.2, 0) is 14.3 Å². The lowest BCUT2D eigenvalue weighted by atomic mass is 9.79. The van der Waals surface area contributed by atoms with E-state index >= 15 is 0 Å². The van der Waals surface area contributed by atoms with Gasteiger partial charge >= 0.3 is 11.9 Å². The van der Waals surface area contributed by atoms with E-state index in [9.17, 15) is 9.59 Å². The molecule has 2 unspecified atom stereocenters. The molecule has 162 valence electrons. The minimum absolute atomic E-state index is 0.224. The zero-order valence-corrected chi connectivity index (χ0v) is 18.5. The van der Waals surface area contributed by atoms with E-state index < -0.39 is 5.92 Å². The third-order valence-electron chi connectivity index (χ3n) is 6.06. The van der Waals surface area contributed by atoms with Gasteiger partial charge in [-0.15, -0.1) is 0 Å². The maximum atomic E-state index is 12.8. The summed E-state index contributed by atoms with van der Waals surface area (Å²) in [6, 6.07) is 5.65. The molecule has 4 heteroatoms. The Kier molecular flexibility index (Phi) is 10.2. The molecule has 4 nitrogen and oxygen atoms in total. The standard InChI is InChI=1S/C25H38O4/c1-4-5-6-7-8-9-12-17-28-24(26)22-13-10-11-14-23(22)25(27)29-21-16-15-19(2)20(3)18-21/h15-16,18,22-23H,4-14,17H2,1-3H3. The molecule has 2 rings (SSSR count). The van der Waals surface area contributed by atoms with Gasteiger partial charge in [0.2, 0.25) is 0 Å². The zero-order valence-electron chi connectivity index (χ0n) is 18.5. The van der Waals surface area contributed by atoms with Crippen LogP contribution in [-0.4, -0.2) is 18.5 Å². The first kappa shape index (κ1) is 23.4. The number of benzene rings is 1. The predicted molar refractivity (Wildman–Crippen MR) is 116 cm³/mol. The summed E-state index contributed by atoms with van der Waals surface area (Å²) in [6.45, 7) is 6.70. The van der Waals surface area contributed by atoms with Crippen molar-refractivity contribution in [2.75, 3.05) is 6.61 Å². The average Bonchev–Trinajstić information content (AvgIpc) is 2.72. The van der Waals surface area contributed by atoms with Crippen molar-refractivity contribution in [2.24, 2.45) is 11.8 Å². The van der Waals surface area contributed by atoms with Gasteiger partial charge in [0, 0.05) is 0 Å². The monoisotopic (exact) mass is 402 g/mol. The molecule has 1 fully saturated rings. The van der Waals surface area contributed by atoms with E-state index in [1.165, 1.54) is 32.1 Å². The number of unbranched alkanes of at least 4 members (excludes halogenated alkanes) is 6. The molecule has 0 spiro atoms. The number of carbonyl (C=O) groups is 2. The van der Waals surface area contributed by atoms with Gasteiger partial charge < -0.3 is 9.47 Å². The molecule has 0 aromatic heterocycles. The summed E-state index contributed by atoms with van der Waals surface area (Å²) in [7, 11) is 0. The highest BCUT2D eigenvalue weighted by molar-refractivity contribution is 5.83. The first-order valence-corrected chi connectivity index (χ1v) is 11.5. The molecule has 0 amide bonds. The van der Waals surface area contributed by atoms with E-state index in [4.69, 9.17) is 9.47 Å². The summed E-state index contributed by atoms with van der Waals surface area (Å²) in [6.07, 6.45) is 11.6. The minimum atomic E-state index is -0.396. The fourth-order valence-electron chi connectivity index (χ4n) is 4.00. The molecule has 0 radical (unpaired) electrons. The molecule has 1 aliphatic rings. The van der Waals surface area contributed by atoms with Crippen LogP contribution in [0.3, 0.4) is 0 Å². The second-order valence-electron chi connectivity index (χ2n) is 8.45. The Morgan fingerprint density at radius 2 is 1.48 bits per heavy atom. The largest absolute Gasteiger partial charge is 0.465 e. The van der Waals surface area contributed by atoms with E-state index in [2.05, 4.69) is 6.92 Å². The number of hydrogen-bond acceptors (Lipinski definition) is 4. The highest BCUT2D eigenvalue weighted by Crippen LogP contribution is 2.32. The first-order chi connectivity index (χ1) is 14.0. The van der Waals surface area contributed by atoms with Gasteiger partial charge in [-0.25, -0.2) is 0 Å². The molecule has 1 aromatic rings. The quantitative estimate of drug-likeness (QED) is 0.247. The van der Waals surface area contributed by atoms with E-state index in [-0.39, 0.29) is 17.9 Å². The molecular weight excluding hydrogens is 364 g/mol. The number of aryl methyl sites for hydroxylation is 2. The fraction of sp³-hybridized carbons (Fsp3) is 0.680. The number of rotatable bonds is 11. The van der Waals surface area contributed by atoms with Crippen molar-refractivity contribution >= 4 is 11.9 Å². The van der Waals surface area contributed by atoms with Crippen LogP contribution in [0.5, 0.6) is 5.75 Å². The Hall–Kier alpha value is -1.84. The lowest BCUT2D eigenvalue weighted by molar-refractivity contribution is -0.158. The number of carbonyl (C=O) groups excluding carboxylic acids is 2. The van der Waals surface area contributed by atoms with Gasteiger partial charge in [-0.1, -0.05) is 64.4 Å². The Morgan fingerprint density at radius 1 is 0.862 bits per heavy atom. The van der Waals surface area contributed by atoms with Gasteiger partial charge in [-0.05, 0) is 56.4 Å². The van der Waals surface area contributed by atoms with Gasteiger partial charge in [0.25, 0.3) is 0 Å². The second-order valence-corrected chi connectivity index (χ2v) is 8.45. The van der Waals surface area contributed by atoms with Gasteiger partial charge in [0.05, 0.1) is 18.4 Å². The Labute approximate surface area is 176 Å². The Bertz CT molecular complexity index is 652. The number of esters is 2. The molecule has 1 aliphatic carbocycles. The SMILES string of the molecule is CCCCCCCCCOC(=O)C1CCCCC1C(=O)Oc1ccc(C)c(C)c1. The van der Waals surface area contributed by atoms with Gasteiger partial charge in [-0.3, -0.25) is 9.59 Å². The molecule has 0 heterocycles. The summed E-state index contributed by atoms with van der Waals surface area (Å²) in [5.74, 6) is -0.735. The summed E-state index contributed by atoms with van der Waals surface area (Å²) in [4.78, 5) is 25.4. The van der Waals surface area contributed by atoms with Crippen molar-refractivity contribution in [3.8, 4) is 5.75 Å². The molecular formula is C25H38O4. The van der Waals surface area contributed by atoms with E-state index in [0.29, 0.717) is 25.2 Å². The first-order valence-electron chi connectivity index (χ1n) is 11.5. The summed E-state index contributed by atoms with van der Waals surface area (Å²) in [5, 5.41) is 0. The van der Waals surface area contributed by atoms with Crippen molar-refractivity contribution in [2.45, 2.75) is 91.4 Å². The molecule has 29 heavy (non-hydrogen) atoms. The third-order valence-corrected chi connectivity index (χ3v) is 6.06. The van der Waals surface area contributed by atoms with Crippen LogP contribution < -0.4 is 4.74 Å². The summed E-state index contributed by atoms with van der Waals surface area (Å²) in [5.41, 5.74) is 2.25. The zero-order chi connectivity index (χ0) is 21.1. The van der Waals surface area contributed by atoms with Gasteiger partial charge in [0.15, 0.2) is 0 Å². The van der Waals surface area contributed by atoms with Crippen molar-refractivity contribution in [3.63, 3.8) is 0 Å². The molecule has 0 aliphatic heterocycles. The molecule has 1 saturated carbocycles. The topological polar surface area (TPSA) is 52.6 Å². The Morgan fingerprint density at radius 3 is 2.14 bits per heavy atom. The van der Waals surface area contributed by atoms with Crippen LogP contribution in [0.4, 0.5) is 0 Å².